The van der Waals surface area contributed by atoms with Crippen LogP contribution in [0.1, 0.15) is 18.7 Å². The number of hydrogen-bond donors (Lipinski definition) is 1. The Morgan fingerprint density at radius 3 is 3.21 bits per heavy atom. The number of carboxylic acids is 1. The van der Waals surface area contributed by atoms with Crippen molar-refractivity contribution in [2.24, 2.45) is 5.92 Å². The van der Waals surface area contributed by atoms with Gasteiger partial charge in [0.1, 0.15) is 5.82 Å². The fourth-order valence-corrected chi connectivity index (χ4v) is 2.16. The van der Waals surface area contributed by atoms with Crippen LogP contribution in [-0.4, -0.2) is 25.8 Å². The predicted octanol–water partition coefficient (Wildman–Crippen LogP) is 1.08. The highest BCUT2D eigenvalue weighted by Gasteiger charge is 2.23. The maximum atomic E-state index is 10.5. The van der Waals surface area contributed by atoms with E-state index < -0.39 is 5.97 Å². The van der Waals surface area contributed by atoms with E-state index in [2.05, 4.69) is 26.0 Å². The highest BCUT2D eigenvalue weighted by Crippen LogP contribution is 2.22. The molecule has 1 aliphatic heterocycles. The number of hydrogen-bond acceptors (Lipinski definition) is 3. The van der Waals surface area contributed by atoms with Crippen molar-refractivity contribution in [3.05, 3.63) is 10.6 Å². The average Bonchev–Trinajstić information content (AvgIpc) is 2.42. The summed E-state index contributed by atoms with van der Waals surface area (Å²) in [6.07, 6.45) is 1.81. The van der Waals surface area contributed by atoms with Crippen LogP contribution in [0, 0.1) is 5.92 Å². The Bertz CT molecular complexity index is 363. The number of aliphatic carboxylic acids is 1. The summed E-state index contributed by atoms with van der Waals surface area (Å²) in [5.41, 5.74) is 0. The molecule has 2 heterocycles. The Morgan fingerprint density at radius 2 is 2.50 bits per heavy atom. The first-order valence-corrected chi connectivity index (χ1v) is 5.25. The van der Waals surface area contributed by atoms with Crippen LogP contribution >= 0.6 is 15.9 Å². The van der Waals surface area contributed by atoms with Crippen LogP contribution < -0.4 is 0 Å². The number of carboxylic acid groups (broad SMARTS) is 1. The van der Waals surface area contributed by atoms with E-state index in [1.807, 2.05) is 4.68 Å². The van der Waals surface area contributed by atoms with Crippen molar-refractivity contribution in [2.45, 2.75) is 25.8 Å². The zero-order valence-corrected chi connectivity index (χ0v) is 9.07. The highest BCUT2D eigenvalue weighted by molar-refractivity contribution is 9.10. The van der Waals surface area contributed by atoms with Gasteiger partial charge < -0.3 is 5.11 Å². The third-order valence-corrected chi connectivity index (χ3v) is 2.74. The van der Waals surface area contributed by atoms with Gasteiger partial charge in [0.05, 0.1) is 0 Å². The molecular weight excluding hydrogens is 250 g/mol. The Hall–Kier alpha value is -0.910. The summed E-state index contributed by atoms with van der Waals surface area (Å²) in [4.78, 5) is 14.7. The van der Waals surface area contributed by atoms with Gasteiger partial charge in [-0.15, -0.1) is 5.10 Å². The number of rotatable bonds is 2. The van der Waals surface area contributed by atoms with E-state index in [-0.39, 0.29) is 12.3 Å². The molecule has 1 aliphatic rings. The Balaban J connectivity index is 2.09. The minimum Gasteiger partial charge on any atom is -0.481 e. The lowest BCUT2D eigenvalue weighted by Gasteiger charge is -2.20. The molecule has 0 aliphatic carbocycles. The largest absolute Gasteiger partial charge is 0.481 e. The zero-order chi connectivity index (χ0) is 10.1. The maximum Gasteiger partial charge on any atom is 0.303 e. The first-order chi connectivity index (χ1) is 6.65. The minimum atomic E-state index is -0.734. The van der Waals surface area contributed by atoms with E-state index in [1.165, 1.54) is 0 Å². The second-order valence-electron chi connectivity index (χ2n) is 3.48. The third-order valence-electron chi connectivity index (χ3n) is 2.41. The molecule has 0 bridgehead atoms. The summed E-state index contributed by atoms with van der Waals surface area (Å²) in [6.45, 7) is 0.770. The molecule has 1 aromatic rings. The molecule has 1 unspecified atom stereocenters. The van der Waals surface area contributed by atoms with Crippen molar-refractivity contribution in [1.82, 2.24) is 14.8 Å². The molecule has 0 spiro atoms. The maximum absolute atomic E-state index is 10.5. The second kappa shape index (κ2) is 3.68. The number of aromatic nitrogens is 3. The summed E-state index contributed by atoms with van der Waals surface area (Å²) in [6, 6.07) is 0. The molecule has 5 nitrogen and oxygen atoms in total. The van der Waals surface area contributed by atoms with E-state index in [9.17, 15) is 4.79 Å². The lowest BCUT2D eigenvalue weighted by atomic mass is 9.95. The van der Waals surface area contributed by atoms with Gasteiger partial charge in [0.2, 0.25) is 4.73 Å². The quantitative estimate of drug-likeness (QED) is 0.863. The molecule has 0 saturated heterocycles. The monoisotopic (exact) mass is 259 g/mol. The van der Waals surface area contributed by atoms with Gasteiger partial charge in [0, 0.05) is 19.4 Å². The molecular formula is C8H10BrN3O2. The summed E-state index contributed by atoms with van der Waals surface area (Å²) < 4.78 is 2.42. The lowest BCUT2D eigenvalue weighted by molar-refractivity contribution is -0.138. The third kappa shape index (κ3) is 1.95. The number of carbonyl (C=O) groups is 1. The fraction of sp³-hybridized carbons (Fsp3) is 0.625. The van der Waals surface area contributed by atoms with Gasteiger partial charge in [-0.1, -0.05) is 0 Å². The SMILES string of the molecule is O=C(O)CC1CCn2nc(Br)nc2C1. The summed E-state index contributed by atoms with van der Waals surface area (Å²) in [7, 11) is 0. The molecule has 1 atom stereocenters. The van der Waals surface area contributed by atoms with E-state index in [4.69, 9.17) is 5.11 Å². The molecule has 1 aromatic heterocycles. The molecule has 0 fully saturated rings. The van der Waals surface area contributed by atoms with Crippen LogP contribution in [0.5, 0.6) is 0 Å². The van der Waals surface area contributed by atoms with Crippen LogP contribution in [0.25, 0.3) is 0 Å². The van der Waals surface area contributed by atoms with Gasteiger partial charge in [-0.2, -0.15) is 0 Å². The summed E-state index contributed by atoms with van der Waals surface area (Å²) >= 11 is 3.20. The van der Waals surface area contributed by atoms with Gasteiger partial charge in [-0.05, 0) is 28.3 Å². The molecule has 1 N–H and O–H groups in total. The van der Waals surface area contributed by atoms with Crippen LogP contribution in [0.4, 0.5) is 0 Å². The average molecular weight is 260 g/mol. The number of nitrogens with zero attached hydrogens (tertiary/aromatic N) is 3. The highest BCUT2D eigenvalue weighted by atomic mass is 79.9. The van der Waals surface area contributed by atoms with Crippen LogP contribution in [0.2, 0.25) is 0 Å². The van der Waals surface area contributed by atoms with Crippen molar-refractivity contribution in [3.63, 3.8) is 0 Å². The second-order valence-corrected chi connectivity index (χ2v) is 4.19. The van der Waals surface area contributed by atoms with E-state index in [1.54, 1.807) is 0 Å². The summed E-state index contributed by atoms with van der Waals surface area (Å²) in [5.74, 6) is 0.354. The standard InChI is InChI=1S/C8H10BrN3O2/c9-8-10-6-3-5(4-7(13)14)1-2-12(6)11-8/h5H,1-4H2,(H,13,14). The van der Waals surface area contributed by atoms with Gasteiger partial charge in [-0.25, -0.2) is 9.67 Å². The smallest absolute Gasteiger partial charge is 0.303 e. The van der Waals surface area contributed by atoms with E-state index >= 15 is 0 Å². The Morgan fingerprint density at radius 1 is 1.71 bits per heavy atom. The first-order valence-electron chi connectivity index (χ1n) is 4.46. The first kappa shape index (κ1) is 9.64. The zero-order valence-electron chi connectivity index (χ0n) is 7.48. The summed E-state index contributed by atoms with van der Waals surface area (Å²) in [5, 5.41) is 12.8. The normalized spacial score (nSPS) is 20.5. The van der Waals surface area contributed by atoms with Crippen LogP contribution in [0.15, 0.2) is 4.73 Å². The van der Waals surface area contributed by atoms with E-state index in [0.29, 0.717) is 11.2 Å². The molecule has 0 amide bonds. The van der Waals surface area contributed by atoms with Crippen molar-refractivity contribution in [2.75, 3.05) is 0 Å². The molecule has 0 saturated carbocycles. The molecule has 2 rings (SSSR count). The van der Waals surface area contributed by atoms with Crippen LogP contribution in [-0.2, 0) is 17.8 Å². The van der Waals surface area contributed by atoms with Crippen molar-refractivity contribution < 1.29 is 9.90 Å². The van der Waals surface area contributed by atoms with Gasteiger partial charge in [0.25, 0.3) is 0 Å². The predicted molar refractivity (Wildman–Crippen MR) is 51.8 cm³/mol. The lowest BCUT2D eigenvalue weighted by Crippen LogP contribution is -2.22. The molecule has 0 aromatic carbocycles. The molecule has 6 heteroatoms. The molecule has 76 valence electrons. The van der Waals surface area contributed by atoms with Crippen molar-refractivity contribution in [1.29, 1.82) is 0 Å². The van der Waals surface area contributed by atoms with Crippen LogP contribution in [0.3, 0.4) is 0 Å². The van der Waals surface area contributed by atoms with Crippen molar-refractivity contribution >= 4 is 21.9 Å². The number of aryl methyl sites for hydroxylation is 1. The number of fused-ring (bicyclic) bond motifs is 1. The minimum absolute atomic E-state index is 0.205. The molecule has 14 heavy (non-hydrogen) atoms. The topological polar surface area (TPSA) is 68.0 Å². The van der Waals surface area contributed by atoms with E-state index in [0.717, 1.165) is 18.8 Å². The Labute approximate surface area is 89.3 Å². The molecule has 0 radical (unpaired) electrons. The van der Waals surface area contributed by atoms with Gasteiger partial charge >= 0.3 is 5.97 Å². The fourth-order valence-electron chi connectivity index (χ4n) is 1.76. The van der Waals surface area contributed by atoms with Crippen molar-refractivity contribution in [3.8, 4) is 0 Å². The van der Waals surface area contributed by atoms with Gasteiger partial charge in [-0.3, -0.25) is 4.79 Å². The van der Waals surface area contributed by atoms with Gasteiger partial charge in [0.15, 0.2) is 0 Å². The Kier molecular flexibility index (Phi) is 2.54. The number of halogens is 1.